The van der Waals surface area contributed by atoms with Crippen molar-refractivity contribution in [2.24, 2.45) is 5.92 Å². The Balaban J connectivity index is 1.30. The zero-order valence-corrected chi connectivity index (χ0v) is 13.7. The molecule has 0 atom stereocenters. The Morgan fingerprint density at radius 1 is 1.08 bits per heavy atom. The summed E-state index contributed by atoms with van der Waals surface area (Å²) < 4.78 is 3.38. The first kappa shape index (κ1) is 15.3. The van der Waals surface area contributed by atoms with E-state index in [4.69, 9.17) is 0 Å². The Kier molecular flexibility index (Phi) is 4.06. The summed E-state index contributed by atoms with van der Waals surface area (Å²) in [6.07, 6.45) is 4.93. The summed E-state index contributed by atoms with van der Waals surface area (Å²) in [7, 11) is 0. The van der Waals surface area contributed by atoms with Crippen LogP contribution in [-0.4, -0.2) is 38.9 Å². The summed E-state index contributed by atoms with van der Waals surface area (Å²) in [6, 6.07) is 7.00. The summed E-state index contributed by atoms with van der Waals surface area (Å²) >= 11 is 0. The standard InChI is InChI=1S/C18H22N4O2/c23-17-6-1-2-7-21(17)9-8-20-11-14(12-20)13-22-18(24)10-15-4-3-5-16(15)19-22/h1-2,6-7,10,14H,3-5,8-9,11-13H2. The number of nitrogens with zero attached hydrogens (tertiary/aromatic N) is 4. The maximum Gasteiger partial charge on any atom is 0.267 e. The van der Waals surface area contributed by atoms with Gasteiger partial charge in [-0.2, -0.15) is 5.10 Å². The summed E-state index contributed by atoms with van der Waals surface area (Å²) in [5.41, 5.74) is 2.32. The van der Waals surface area contributed by atoms with E-state index in [2.05, 4.69) is 10.00 Å². The smallest absolute Gasteiger partial charge is 0.267 e. The second-order valence-electron chi connectivity index (χ2n) is 6.85. The minimum Gasteiger partial charge on any atom is -0.314 e. The number of rotatable bonds is 5. The van der Waals surface area contributed by atoms with Crippen LogP contribution in [0.2, 0.25) is 0 Å². The summed E-state index contributed by atoms with van der Waals surface area (Å²) in [5.74, 6) is 0.474. The van der Waals surface area contributed by atoms with Crippen molar-refractivity contribution in [2.75, 3.05) is 19.6 Å². The van der Waals surface area contributed by atoms with Gasteiger partial charge in [-0.25, -0.2) is 4.68 Å². The number of likely N-dealkylation sites (tertiary alicyclic amines) is 1. The predicted octanol–water partition coefficient (Wildman–Crippen LogP) is 0.526. The van der Waals surface area contributed by atoms with E-state index >= 15 is 0 Å². The van der Waals surface area contributed by atoms with Gasteiger partial charge in [0, 0.05) is 50.4 Å². The maximum atomic E-state index is 12.1. The highest BCUT2D eigenvalue weighted by Gasteiger charge is 2.27. The van der Waals surface area contributed by atoms with E-state index in [1.54, 1.807) is 27.4 Å². The van der Waals surface area contributed by atoms with Crippen molar-refractivity contribution in [1.29, 1.82) is 0 Å². The van der Waals surface area contributed by atoms with Crippen LogP contribution in [0.1, 0.15) is 17.7 Å². The summed E-state index contributed by atoms with van der Waals surface area (Å²) in [6.45, 7) is 4.21. The first-order valence-corrected chi connectivity index (χ1v) is 8.67. The summed E-state index contributed by atoms with van der Waals surface area (Å²) in [4.78, 5) is 26.1. The Labute approximate surface area is 140 Å². The van der Waals surface area contributed by atoms with Crippen molar-refractivity contribution in [3.63, 3.8) is 0 Å². The monoisotopic (exact) mass is 326 g/mol. The molecule has 1 aliphatic heterocycles. The van der Waals surface area contributed by atoms with Crippen molar-refractivity contribution in [3.8, 4) is 0 Å². The summed E-state index contributed by atoms with van der Waals surface area (Å²) in [5, 5.41) is 4.55. The van der Waals surface area contributed by atoms with Crippen LogP contribution in [0, 0.1) is 5.92 Å². The van der Waals surface area contributed by atoms with E-state index in [1.165, 1.54) is 0 Å². The third kappa shape index (κ3) is 3.06. The van der Waals surface area contributed by atoms with Gasteiger partial charge in [0.05, 0.1) is 12.2 Å². The van der Waals surface area contributed by atoms with Crippen LogP contribution in [-0.2, 0) is 25.9 Å². The highest BCUT2D eigenvalue weighted by molar-refractivity contribution is 5.22. The average Bonchev–Trinajstić information content (AvgIpc) is 2.98. The molecular weight excluding hydrogens is 304 g/mol. The predicted molar refractivity (Wildman–Crippen MR) is 91.2 cm³/mol. The number of aromatic nitrogens is 3. The third-order valence-electron chi connectivity index (χ3n) is 5.04. The van der Waals surface area contributed by atoms with Crippen LogP contribution < -0.4 is 11.1 Å². The van der Waals surface area contributed by atoms with Crippen molar-refractivity contribution in [3.05, 3.63) is 62.4 Å². The molecular formula is C18H22N4O2. The molecule has 6 nitrogen and oxygen atoms in total. The van der Waals surface area contributed by atoms with Crippen LogP contribution in [0.15, 0.2) is 40.1 Å². The molecule has 2 aliphatic rings. The fourth-order valence-corrected chi connectivity index (χ4v) is 3.68. The first-order valence-electron chi connectivity index (χ1n) is 8.67. The lowest BCUT2D eigenvalue weighted by Gasteiger charge is -2.39. The second kappa shape index (κ2) is 6.36. The zero-order chi connectivity index (χ0) is 16.5. The van der Waals surface area contributed by atoms with E-state index in [-0.39, 0.29) is 11.1 Å². The largest absolute Gasteiger partial charge is 0.314 e. The van der Waals surface area contributed by atoms with Crippen molar-refractivity contribution < 1.29 is 0 Å². The molecule has 24 heavy (non-hydrogen) atoms. The van der Waals surface area contributed by atoms with E-state index in [1.807, 2.05) is 12.3 Å². The SMILES string of the molecule is O=c1ccccn1CCN1CC(Cn2nc3c(cc2=O)CCC3)C1. The van der Waals surface area contributed by atoms with E-state index in [0.29, 0.717) is 19.0 Å². The Morgan fingerprint density at radius 2 is 1.96 bits per heavy atom. The number of pyridine rings is 1. The van der Waals surface area contributed by atoms with Crippen LogP contribution in [0.5, 0.6) is 0 Å². The number of aryl methyl sites for hydroxylation is 2. The average molecular weight is 326 g/mol. The second-order valence-corrected chi connectivity index (χ2v) is 6.85. The van der Waals surface area contributed by atoms with Crippen LogP contribution >= 0.6 is 0 Å². The lowest BCUT2D eigenvalue weighted by Crippen LogP contribution is -2.50. The lowest BCUT2D eigenvalue weighted by atomic mass is 10.0. The van der Waals surface area contributed by atoms with Crippen LogP contribution in [0.3, 0.4) is 0 Å². The molecule has 0 bridgehead atoms. The molecule has 0 N–H and O–H groups in total. The Morgan fingerprint density at radius 3 is 2.79 bits per heavy atom. The molecule has 6 heteroatoms. The molecule has 2 aromatic rings. The molecule has 2 aromatic heterocycles. The molecule has 1 aliphatic carbocycles. The number of hydrogen-bond acceptors (Lipinski definition) is 4. The topological polar surface area (TPSA) is 60.1 Å². The fraction of sp³-hybridized carbons (Fsp3) is 0.500. The van der Waals surface area contributed by atoms with Crippen LogP contribution in [0.4, 0.5) is 0 Å². The Bertz CT molecular complexity index is 849. The minimum atomic E-state index is 0.0323. The maximum absolute atomic E-state index is 12.1. The van der Waals surface area contributed by atoms with Crippen molar-refractivity contribution in [1.82, 2.24) is 19.2 Å². The van der Waals surface area contributed by atoms with Gasteiger partial charge in [-0.3, -0.25) is 9.59 Å². The van der Waals surface area contributed by atoms with Gasteiger partial charge in [0.15, 0.2) is 0 Å². The molecule has 3 heterocycles. The lowest BCUT2D eigenvalue weighted by molar-refractivity contribution is 0.0801. The van der Waals surface area contributed by atoms with E-state index < -0.39 is 0 Å². The van der Waals surface area contributed by atoms with Gasteiger partial charge < -0.3 is 9.47 Å². The van der Waals surface area contributed by atoms with E-state index in [0.717, 1.165) is 50.2 Å². The molecule has 0 amide bonds. The molecule has 1 fully saturated rings. The molecule has 1 saturated heterocycles. The molecule has 0 aromatic carbocycles. The molecule has 0 spiro atoms. The highest BCUT2D eigenvalue weighted by Crippen LogP contribution is 2.19. The van der Waals surface area contributed by atoms with Gasteiger partial charge in [-0.05, 0) is 30.9 Å². The molecule has 0 saturated carbocycles. The zero-order valence-electron chi connectivity index (χ0n) is 13.7. The van der Waals surface area contributed by atoms with Gasteiger partial charge in [0.2, 0.25) is 0 Å². The minimum absolute atomic E-state index is 0.0323. The van der Waals surface area contributed by atoms with Crippen molar-refractivity contribution in [2.45, 2.75) is 32.4 Å². The first-order chi connectivity index (χ1) is 11.7. The molecule has 4 rings (SSSR count). The van der Waals surface area contributed by atoms with Gasteiger partial charge in [-0.15, -0.1) is 0 Å². The quantitative estimate of drug-likeness (QED) is 0.804. The van der Waals surface area contributed by atoms with Crippen LogP contribution in [0.25, 0.3) is 0 Å². The van der Waals surface area contributed by atoms with Gasteiger partial charge in [0.25, 0.3) is 11.1 Å². The van der Waals surface area contributed by atoms with Gasteiger partial charge in [-0.1, -0.05) is 6.07 Å². The normalized spacial score (nSPS) is 17.7. The van der Waals surface area contributed by atoms with Gasteiger partial charge >= 0.3 is 0 Å². The molecule has 126 valence electrons. The molecule has 0 unspecified atom stereocenters. The fourth-order valence-electron chi connectivity index (χ4n) is 3.68. The third-order valence-corrected chi connectivity index (χ3v) is 5.04. The van der Waals surface area contributed by atoms with Gasteiger partial charge in [0.1, 0.15) is 0 Å². The van der Waals surface area contributed by atoms with E-state index in [9.17, 15) is 9.59 Å². The van der Waals surface area contributed by atoms with Crippen molar-refractivity contribution >= 4 is 0 Å². The number of hydrogen-bond donors (Lipinski definition) is 0. The highest BCUT2D eigenvalue weighted by atomic mass is 16.1. The Hall–Kier alpha value is -2.21. The molecule has 0 radical (unpaired) electrons. The number of fused-ring (bicyclic) bond motifs is 1.